The fraction of sp³-hybridized carbons (Fsp3) is 0.600. The SMILES string of the molecule is CN=C(NCCc1ccc(OC)c(OC)c1OC)N1CCCC(CC(N)=O)C1.I. The van der Waals surface area contributed by atoms with Crippen LogP contribution in [0.25, 0.3) is 0 Å². The lowest BCUT2D eigenvalue weighted by atomic mass is 9.95. The van der Waals surface area contributed by atoms with Crippen molar-refractivity contribution < 1.29 is 19.0 Å². The first-order valence-corrected chi connectivity index (χ1v) is 9.55. The van der Waals surface area contributed by atoms with Gasteiger partial charge in [0.1, 0.15) is 0 Å². The second kappa shape index (κ2) is 12.6. The Balaban J connectivity index is 0.00000420. The van der Waals surface area contributed by atoms with Crippen molar-refractivity contribution in [2.75, 3.05) is 48.0 Å². The van der Waals surface area contributed by atoms with Crippen molar-refractivity contribution >= 4 is 35.8 Å². The number of carbonyl (C=O) groups excluding carboxylic acids is 1. The van der Waals surface area contributed by atoms with Gasteiger partial charge in [-0.2, -0.15) is 0 Å². The number of halogens is 1. The summed E-state index contributed by atoms with van der Waals surface area (Å²) >= 11 is 0. The summed E-state index contributed by atoms with van der Waals surface area (Å²) in [6, 6.07) is 3.86. The third-order valence-electron chi connectivity index (χ3n) is 4.98. The van der Waals surface area contributed by atoms with Crippen molar-refractivity contribution in [2.24, 2.45) is 16.6 Å². The second-order valence-electron chi connectivity index (χ2n) is 6.84. The molecule has 8 nitrogen and oxygen atoms in total. The minimum Gasteiger partial charge on any atom is -0.493 e. The number of guanidine groups is 1. The predicted octanol–water partition coefficient (Wildman–Crippen LogP) is 2.04. The molecule has 0 aromatic heterocycles. The van der Waals surface area contributed by atoms with Crippen LogP contribution in [0.4, 0.5) is 0 Å². The van der Waals surface area contributed by atoms with E-state index < -0.39 is 0 Å². The van der Waals surface area contributed by atoms with E-state index >= 15 is 0 Å². The number of ether oxygens (including phenoxy) is 3. The number of carbonyl (C=O) groups is 1. The van der Waals surface area contributed by atoms with Crippen LogP contribution in [0.2, 0.25) is 0 Å². The molecule has 1 heterocycles. The van der Waals surface area contributed by atoms with Gasteiger partial charge in [-0.25, -0.2) is 0 Å². The van der Waals surface area contributed by atoms with Gasteiger partial charge in [-0.1, -0.05) is 6.07 Å². The fourth-order valence-corrected chi connectivity index (χ4v) is 3.71. The van der Waals surface area contributed by atoms with Crippen LogP contribution in [-0.4, -0.2) is 64.8 Å². The van der Waals surface area contributed by atoms with Gasteiger partial charge < -0.3 is 30.2 Å². The summed E-state index contributed by atoms with van der Waals surface area (Å²) in [7, 11) is 6.60. The third kappa shape index (κ3) is 6.83. The maximum absolute atomic E-state index is 11.2. The minimum atomic E-state index is -0.240. The monoisotopic (exact) mass is 520 g/mol. The Hall–Kier alpha value is -1.91. The van der Waals surface area contributed by atoms with E-state index in [1.54, 1.807) is 28.4 Å². The number of nitrogens with zero attached hydrogens (tertiary/aromatic N) is 2. The molecule has 1 unspecified atom stereocenters. The number of likely N-dealkylation sites (tertiary alicyclic amines) is 1. The summed E-state index contributed by atoms with van der Waals surface area (Å²) in [5.41, 5.74) is 6.38. The lowest BCUT2D eigenvalue weighted by Crippen LogP contribution is -2.47. The maximum Gasteiger partial charge on any atom is 0.217 e. The number of benzene rings is 1. The van der Waals surface area contributed by atoms with Gasteiger partial charge in [-0.15, -0.1) is 24.0 Å². The van der Waals surface area contributed by atoms with Gasteiger partial charge in [0.2, 0.25) is 11.7 Å². The smallest absolute Gasteiger partial charge is 0.217 e. The van der Waals surface area contributed by atoms with Crippen molar-refractivity contribution in [3.8, 4) is 17.2 Å². The number of aliphatic imine (C=N–C) groups is 1. The van der Waals surface area contributed by atoms with Crippen LogP contribution in [0.5, 0.6) is 17.2 Å². The first-order chi connectivity index (χ1) is 13.5. The van der Waals surface area contributed by atoms with E-state index in [1.807, 2.05) is 12.1 Å². The highest BCUT2D eigenvalue weighted by Crippen LogP contribution is 2.39. The van der Waals surface area contributed by atoms with Crippen molar-refractivity contribution in [1.29, 1.82) is 0 Å². The minimum absolute atomic E-state index is 0. The Morgan fingerprint density at radius 1 is 1.24 bits per heavy atom. The molecule has 1 aliphatic rings. The Labute approximate surface area is 190 Å². The molecule has 29 heavy (non-hydrogen) atoms. The Morgan fingerprint density at radius 2 is 1.97 bits per heavy atom. The fourth-order valence-electron chi connectivity index (χ4n) is 3.71. The van der Waals surface area contributed by atoms with Crippen molar-refractivity contribution in [3.63, 3.8) is 0 Å². The number of amides is 1. The average Bonchev–Trinajstić information content (AvgIpc) is 2.70. The number of methoxy groups -OCH3 is 3. The van der Waals surface area contributed by atoms with Gasteiger partial charge in [0.15, 0.2) is 17.5 Å². The molecule has 164 valence electrons. The molecular formula is C20H33IN4O4. The number of piperidine rings is 1. The quantitative estimate of drug-likeness (QED) is 0.309. The summed E-state index contributed by atoms with van der Waals surface area (Å²) in [6.07, 6.45) is 3.22. The number of nitrogens with two attached hydrogens (primary N) is 1. The molecule has 0 radical (unpaired) electrons. The molecule has 9 heteroatoms. The zero-order valence-corrected chi connectivity index (χ0v) is 20.0. The molecule has 1 saturated heterocycles. The highest BCUT2D eigenvalue weighted by molar-refractivity contribution is 14.0. The Morgan fingerprint density at radius 3 is 2.55 bits per heavy atom. The number of hydrogen-bond acceptors (Lipinski definition) is 5. The van der Waals surface area contributed by atoms with E-state index in [0.717, 1.165) is 43.9 Å². The Bertz CT molecular complexity index is 699. The predicted molar refractivity (Wildman–Crippen MR) is 125 cm³/mol. The van der Waals surface area contributed by atoms with Crippen LogP contribution in [0.1, 0.15) is 24.8 Å². The van der Waals surface area contributed by atoms with E-state index in [9.17, 15) is 4.79 Å². The van der Waals surface area contributed by atoms with Crippen LogP contribution in [0.15, 0.2) is 17.1 Å². The lowest BCUT2D eigenvalue weighted by Gasteiger charge is -2.34. The molecule has 1 aromatic rings. The molecule has 0 aliphatic carbocycles. The molecular weight excluding hydrogens is 487 g/mol. The third-order valence-corrected chi connectivity index (χ3v) is 4.98. The molecule has 1 aliphatic heterocycles. The number of nitrogens with one attached hydrogen (secondary N) is 1. The van der Waals surface area contributed by atoms with E-state index in [-0.39, 0.29) is 35.8 Å². The van der Waals surface area contributed by atoms with Gasteiger partial charge in [-0.3, -0.25) is 9.79 Å². The molecule has 0 saturated carbocycles. The van der Waals surface area contributed by atoms with E-state index in [2.05, 4.69) is 15.2 Å². The largest absolute Gasteiger partial charge is 0.493 e. The van der Waals surface area contributed by atoms with Gasteiger partial charge >= 0.3 is 0 Å². The highest BCUT2D eigenvalue weighted by Gasteiger charge is 2.23. The van der Waals surface area contributed by atoms with Crippen molar-refractivity contribution in [2.45, 2.75) is 25.7 Å². The van der Waals surface area contributed by atoms with Crippen molar-refractivity contribution in [3.05, 3.63) is 17.7 Å². The van der Waals surface area contributed by atoms with Gasteiger partial charge in [0.25, 0.3) is 0 Å². The molecule has 1 aromatic carbocycles. The van der Waals surface area contributed by atoms with Crippen molar-refractivity contribution in [1.82, 2.24) is 10.2 Å². The maximum atomic E-state index is 11.2. The molecule has 1 fully saturated rings. The lowest BCUT2D eigenvalue weighted by molar-refractivity contribution is -0.119. The second-order valence-corrected chi connectivity index (χ2v) is 6.84. The van der Waals surface area contributed by atoms with E-state index in [1.165, 1.54) is 0 Å². The number of rotatable bonds is 8. The normalized spacial score (nSPS) is 16.6. The van der Waals surface area contributed by atoms with Crippen LogP contribution in [-0.2, 0) is 11.2 Å². The average molecular weight is 520 g/mol. The van der Waals surface area contributed by atoms with E-state index in [0.29, 0.717) is 30.2 Å². The molecule has 0 spiro atoms. The number of hydrogen-bond donors (Lipinski definition) is 2. The summed E-state index contributed by atoms with van der Waals surface area (Å²) in [5, 5.41) is 3.41. The van der Waals surface area contributed by atoms with Gasteiger partial charge in [0.05, 0.1) is 21.3 Å². The van der Waals surface area contributed by atoms with Crippen LogP contribution < -0.4 is 25.3 Å². The first kappa shape index (κ1) is 25.1. The molecule has 3 N–H and O–H groups in total. The van der Waals surface area contributed by atoms with Crippen LogP contribution in [0.3, 0.4) is 0 Å². The summed E-state index contributed by atoms with van der Waals surface area (Å²) in [6.45, 7) is 2.41. The van der Waals surface area contributed by atoms with E-state index in [4.69, 9.17) is 19.9 Å². The summed E-state index contributed by atoms with van der Waals surface area (Å²) in [4.78, 5) is 17.8. The highest BCUT2D eigenvalue weighted by atomic mass is 127. The molecule has 1 amide bonds. The van der Waals surface area contributed by atoms with Gasteiger partial charge in [-0.05, 0) is 31.2 Å². The molecule has 0 bridgehead atoms. The summed E-state index contributed by atoms with van der Waals surface area (Å²) < 4.78 is 16.3. The molecule has 2 rings (SSSR count). The zero-order chi connectivity index (χ0) is 20.5. The van der Waals surface area contributed by atoms with Crippen LogP contribution in [0, 0.1) is 5.92 Å². The van der Waals surface area contributed by atoms with Gasteiger partial charge in [0, 0.05) is 38.7 Å². The first-order valence-electron chi connectivity index (χ1n) is 9.55. The topological polar surface area (TPSA) is 98.4 Å². The molecule has 1 atom stereocenters. The zero-order valence-electron chi connectivity index (χ0n) is 17.7. The standard InChI is InChI=1S/C20H32N4O4.HI/c1-22-20(24-11-5-6-14(13-24)12-17(21)25)23-10-9-15-7-8-16(26-2)19(28-4)18(15)27-3;/h7-8,14H,5-6,9-13H2,1-4H3,(H2,21,25)(H,22,23);1H. The Kier molecular flexibility index (Phi) is 10.9. The van der Waals surface area contributed by atoms with Crippen LogP contribution >= 0.6 is 24.0 Å². The number of primary amides is 1. The summed E-state index contributed by atoms with van der Waals surface area (Å²) in [5.74, 6) is 2.80.